The number of nitrogens with one attached hydrogen (secondary N) is 1. The number of fused-ring (bicyclic) bond motifs is 1. The molecule has 0 bridgehead atoms. The van der Waals surface area contributed by atoms with E-state index in [1.54, 1.807) is 0 Å². The average Bonchev–Trinajstić information content (AvgIpc) is 3.04. The van der Waals surface area contributed by atoms with Gasteiger partial charge in [0.1, 0.15) is 11.3 Å². The lowest BCUT2D eigenvalue weighted by atomic mass is 9.99. The summed E-state index contributed by atoms with van der Waals surface area (Å²) in [5.41, 5.74) is 7.29. The van der Waals surface area contributed by atoms with Crippen molar-refractivity contribution in [2.45, 2.75) is 24.9 Å². The van der Waals surface area contributed by atoms with Crippen molar-refractivity contribution in [3.63, 3.8) is 0 Å². The third-order valence-electron chi connectivity index (χ3n) is 3.77. The number of amides is 1. The third kappa shape index (κ3) is 2.55. The second-order valence-corrected chi connectivity index (χ2v) is 6.21. The van der Waals surface area contributed by atoms with Crippen LogP contribution in [0.15, 0.2) is 16.6 Å². The van der Waals surface area contributed by atoms with Gasteiger partial charge in [0.15, 0.2) is 0 Å². The summed E-state index contributed by atoms with van der Waals surface area (Å²) in [6.45, 7) is 1.94. The monoisotopic (exact) mass is 340 g/mol. The van der Waals surface area contributed by atoms with Gasteiger partial charge in [0.2, 0.25) is 5.91 Å². The van der Waals surface area contributed by atoms with E-state index >= 15 is 0 Å². The zero-order valence-corrected chi connectivity index (χ0v) is 12.7. The van der Waals surface area contributed by atoms with Crippen LogP contribution in [0.25, 0.3) is 0 Å². The highest BCUT2D eigenvalue weighted by Gasteiger charge is 2.38. The molecule has 3 N–H and O–H groups in total. The number of rotatable bonds is 3. The van der Waals surface area contributed by atoms with Crippen LogP contribution >= 0.6 is 15.9 Å². The molecule has 0 spiro atoms. The fourth-order valence-corrected chi connectivity index (χ4v) is 3.14. The molecule has 1 aromatic carbocycles. The molecule has 1 saturated heterocycles. The van der Waals surface area contributed by atoms with E-state index in [2.05, 4.69) is 27.3 Å². The Morgan fingerprint density at radius 1 is 1.45 bits per heavy atom. The summed E-state index contributed by atoms with van der Waals surface area (Å²) in [5.74, 6) is 0.726. The number of carbonyl (C=O) groups excluding carboxylic acids is 1. The smallest absolute Gasteiger partial charge is 0.242 e. The molecular weight excluding hydrogens is 324 g/mol. The molecule has 1 atom stereocenters. The predicted molar refractivity (Wildman–Crippen MR) is 77.5 cm³/mol. The third-order valence-corrected chi connectivity index (χ3v) is 4.23. The Morgan fingerprint density at radius 3 is 3.05 bits per heavy atom. The van der Waals surface area contributed by atoms with Crippen molar-refractivity contribution in [1.82, 2.24) is 5.32 Å². The number of nitrogens with two attached hydrogens (primary N) is 1. The zero-order valence-electron chi connectivity index (χ0n) is 11.1. The minimum atomic E-state index is -0.893. The molecule has 1 amide bonds. The highest BCUT2D eigenvalue weighted by molar-refractivity contribution is 9.10. The summed E-state index contributed by atoms with van der Waals surface area (Å²) in [4.78, 5) is 12.2. The molecule has 2 heterocycles. The number of benzene rings is 1. The van der Waals surface area contributed by atoms with E-state index in [0.29, 0.717) is 26.2 Å². The maximum atomic E-state index is 12.2. The molecule has 5 nitrogen and oxygen atoms in total. The molecular formula is C14H17BrN2O3. The molecule has 1 fully saturated rings. The molecule has 6 heteroatoms. The molecule has 0 radical (unpaired) electrons. The Kier molecular flexibility index (Phi) is 3.70. The van der Waals surface area contributed by atoms with Crippen LogP contribution in [0.4, 0.5) is 0 Å². The topological polar surface area (TPSA) is 73.6 Å². The lowest BCUT2D eigenvalue weighted by molar-refractivity contribution is -0.126. The Labute approximate surface area is 125 Å². The average molecular weight is 341 g/mol. The summed E-state index contributed by atoms with van der Waals surface area (Å²) >= 11 is 3.49. The van der Waals surface area contributed by atoms with Crippen LogP contribution in [0.2, 0.25) is 0 Å². The van der Waals surface area contributed by atoms with Gasteiger partial charge in [-0.25, -0.2) is 0 Å². The first kappa shape index (κ1) is 13.9. The van der Waals surface area contributed by atoms with E-state index in [-0.39, 0.29) is 12.5 Å². The van der Waals surface area contributed by atoms with Gasteiger partial charge in [-0.1, -0.05) is 15.9 Å². The first-order chi connectivity index (χ1) is 9.58. The van der Waals surface area contributed by atoms with E-state index in [1.807, 2.05) is 6.07 Å². The van der Waals surface area contributed by atoms with Crippen molar-refractivity contribution in [3.8, 4) is 5.75 Å². The van der Waals surface area contributed by atoms with Crippen molar-refractivity contribution in [2.24, 2.45) is 5.73 Å². The molecule has 1 aromatic rings. The first-order valence-electron chi connectivity index (χ1n) is 6.67. The lowest BCUT2D eigenvalue weighted by Crippen LogP contribution is -2.54. The van der Waals surface area contributed by atoms with Gasteiger partial charge in [0.05, 0.1) is 13.2 Å². The molecule has 2 aliphatic rings. The van der Waals surface area contributed by atoms with Gasteiger partial charge >= 0.3 is 0 Å². The number of halogens is 1. The summed E-state index contributed by atoms with van der Waals surface area (Å²) in [7, 11) is 0. The van der Waals surface area contributed by atoms with Crippen LogP contribution in [-0.2, 0) is 22.5 Å². The zero-order chi connectivity index (χ0) is 14.2. The van der Waals surface area contributed by atoms with E-state index in [0.717, 1.165) is 22.2 Å². The number of hydrogen-bond donors (Lipinski definition) is 2. The highest BCUT2D eigenvalue weighted by Crippen LogP contribution is 2.33. The Hall–Kier alpha value is -1.11. The van der Waals surface area contributed by atoms with Gasteiger partial charge in [-0.05, 0) is 24.1 Å². The number of hydrogen-bond acceptors (Lipinski definition) is 4. The molecule has 0 saturated carbocycles. The fourth-order valence-electron chi connectivity index (χ4n) is 2.59. The predicted octanol–water partition coefficient (Wildman–Crippen LogP) is 1.12. The van der Waals surface area contributed by atoms with Crippen LogP contribution in [-0.4, -0.2) is 31.3 Å². The minimum Gasteiger partial charge on any atom is -0.493 e. The molecule has 3 rings (SSSR count). The van der Waals surface area contributed by atoms with Gasteiger partial charge in [-0.2, -0.15) is 0 Å². The van der Waals surface area contributed by atoms with E-state index in [9.17, 15) is 4.79 Å². The Bertz CT molecular complexity index is 541. The quantitative estimate of drug-likeness (QED) is 0.864. The summed E-state index contributed by atoms with van der Waals surface area (Å²) in [5, 5.41) is 2.89. The van der Waals surface area contributed by atoms with Crippen molar-refractivity contribution in [1.29, 1.82) is 0 Å². The lowest BCUT2D eigenvalue weighted by Gasteiger charge is -2.21. The maximum absolute atomic E-state index is 12.2. The summed E-state index contributed by atoms with van der Waals surface area (Å²) in [6, 6.07) is 4.03. The van der Waals surface area contributed by atoms with Crippen molar-refractivity contribution in [2.75, 3.05) is 19.8 Å². The number of carbonyl (C=O) groups is 1. The van der Waals surface area contributed by atoms with Crippen LogP contribution in [0.3, 0.4) is 0 Å². The van der Waals surface area contributed by atoms with Gasteiger partial charge in [-0.15, -0.1) is 0 Å². The van der Waals surface area contributed by atoms with Crippen LogP contribution < -0.4 is 15.8 Å². The fraction of sp³-hybridized carbons (Fsp3) is 0.500. The standard InChI is InChI=1S/C14H17BrN2O3/c15-11-5-9-1-3-20-12(9)10(6-11)7-17-13(18)14(16)2-4-19-8-14/h5-6H,1-4,7-8,16H2,(H,17,18). The van der Waals surface area contributed by atoms with Gasteiger partial charge < -0.3 is 20.5 Å². The molecule has 20 heavy (non-hydrogen) atoms. The largest absolute Gasteiger partial charge is 0.493 e. The Balaban J connectivity index is 1.71. The summed E-state index contributed by atoms with van der Waals surface area (Å²) < 4.78 is 11.8. The van der Waals surface area contributed by atoms with E-state index < -0.39 is 5.54 Å². The van der Waals surface area contributed by atoms with Crippen molar-refractivity contribution >= 4 is 21.8 Å². The molecule has 2 aliphatic heterocycles. The SMILES string of the molecule is NC1(C(=O)NCc2cc(Br)cc3c2OCC3)CCOC1. The normalized spacial score (nSPS) is 24.3. The molecule has 0 aliphatic carbocycles. The summed E-state index contributed by atoms with van der Waals surface area (Å²) in [6.07, 6.45) is 1.47. The van der Waals surface area contributed by atoms with E-state index in [1.165, 1.54) is 5.56 Å². The molecule has 0 aromatic heterocycles. The van der Waals surface area contributed by atoms with E-state index in [4.69, 9.17) is 15.2 Å². The first-order valence-corrected chi connectivity index (χ1v) is 7.47. The minimum absolute atomic E-state index is 0.165. The van der Waals surface area contributed by atoms with Gasteiger partial charge in [0.25, 0.3) is 0 Å². The highest BCUT2D eigenvalue weighted by atomic mass is 79.9. The Morgan fingerprint density at radius 2 is 2.30 bits per heavy atom. The molecule has 1 unspecified atom stereocenters. The van der Waals surface area contributed by atoms with Crippen molar-refractivity contribution in [3.05, 3.63) is 27.7 Å². The number of ether oxygens (including phenoxy) is 2. The second-order valence-electron chi connectivity index (χ2n) is 5.29. The van der Waals surface area contributed by atoms with Gasteiger partial charge in [0, 0.05) is 29.6 Å². The maximum Gasteiger partial charge on any atom is 0.242 e. The van der Waals surface area contributed by atoms with Crippen LogP contribution in [0.5, 0.6) is 5.75 Å². The van der Waals surface area contributed by atoms with Gasteiger partial charge in [-0.3, -0.25) is 4.79 Å². The molecule has 108 valence electrons. The van der Waals surface area contributed by atoms with Crippen LogP contribution in [0.1, 0.15) is 17.5 Å². The van der Waals surface area contributed by atoms with Crippen LogP contribution in [0, 0.1) is 0 Å². The second kappa shape index (κ2) is 5.35. The van der Waals surface area contributed by atoms with Crippen molar-refractivity contribution < 1.29 is 14.3 Å².